The van der Waals surface area contributed by atoms with Crippen LogP contribution in [-0.4, -0.2) is 14.2 Å². The first-order valence-electron chi connectivity index (χ1n) is 4.87. The van der Waals surface area contributed by atoms with Gasteiger partial charge in [-0.1, -0.05) is 15.9 Å². The number of fused-ring (bicyclic) bond motifs is 1. The molecule has 0 fully saturated rings. The van der Waals surface area contributed by atoms with Gasteiger partial charge in [0.25, 0.3) is 0 Å². The second kappa shape index (κ2) is 4.02. The third-order valence-electron chi connectivity index (χ3n) is 2.84. The van der Waals surface area contributed by atoms with E-state index < -0.39 is 0 Å². The van der Waals surface area contributed by atoms with Crippen molar-refractivity contribution >= 4 is 15.9 Å². The van der Waals surface area contributed by atoms with Crippen molar-refractivity contribution in [1.82, 2.24) is 0 Å². The number of halogens is 1. The third kappa shape index (κ3) is 1.62. The third-order valence-corrected chi connectivity index (χ3v) is 3.55. The molecule has 1 aromatic rings. The minimum absolute atomic E-state index is 0.0568. The average Bonchev–Trinajstić information content (AvgIpc) is 2.61. The summed E-state index contributed by atoms with van der Waals surface area (Å²) >= 11 is 3.54. The molecule has 1 atom stereocenters. The number of nitrogens with two attached hydrogens (primary N) is 1. The monoisotopic (exact) mass is 271 g/mol. The number of ether oxygens (including phenoxy) is 2. The Balaban J connectivity index is 2.66. The molecule has 0 amide bonds. The summed E-state index contributed by atoms with van der Waals surface area (Å²) in [4.78, 5) is 0. The summed E-state index contributed by atoms with van der Waals surface area (Å²) in [6, 6.07) is 2.00. The highest BCUT2D eigenvalue weighted by Gasteiger charge is 2.28. The molecule has 2 N–H and O–H groups in total. The lowest BCUT2D eigenvalue weighted by molar-refractivity contribution is 0.350. The van der Waals surface area contributed by atoms with Crippen molar-refractivity contribution in [1.29, 1.82) is 0 Å². The molecule has 4 heteroatoms. The predicted molar refractivity (Wildman–Crippen MR) is 62.5 cm³/mol. The Hall–Kier alpha value is -0.740. The molecule has 0 saturated heterocycles. The maximum atomic E-state index is 6.06. The molecule has 0 aromatic heterocycles. The SMILES string of the molecule is COc1cc(Br)c2c(c1OC)C(N)CC2. The molecule has 0 radical (unpaired) electrons. The quantitative estimate of drug-likeness (QED) is 0.899. The lowest BCUT2D eigenvalue weighted by Crippen LogP contribution is -2.08. The van der Waals surface area contributed by atoms with Crippen LogP contribution in [0.1, 0.15) is 23.6 Å². The van der Waals surface area contributed by atoms with Gasteiger partial charge in [-0.2, -0.15) is 0 Å². The maximum Gasteiger partial charge on any atom is 0.165 e. The molecule has 0 saturated carbocycles. The Bertz CT molecular complexity index is 393. The molecule has 0 heterocycles. The van der Waals surface area contributed by atoms with Gasteiger partial charge in [0.05, 0.1) is 14.2 Å². The van der Waals surface area contributed by atoms with Crippen LogP contribution in [0.5, 0.6) is 11.5 Å². The van der Waals surface area contributed by atoms with Gasteiger partial charge >= 0.3 is 0 Å². The van der Waals surface area contributed by atoms with E-state index >= 15 is 0 Å². The Morgan fingerprint density at radius 2 is 2.13 bits per heavy atom. The minimum Gasteiger partial charge on any atom is -0.493 e. The molecule has 82 valence electrons. The van der Waals surface area contributed by atoms with E-state index in [1.54, 1.807) is 14.2 Å². The Morgan fingerprint density at radius 3 is 2.73 bits per heavy atom. The fourth-order valence-electron chi connectivity index (χ4n) is 2.12. The normalized spacial score (nSPS) is 18.8. The average molecular weight is 272 g/mol. The van der Waals surface area contributed by atoms with E-state index in [-0.39, 0.29) is 6.04 Å². The highest BCUT2D eigenvalue weighted by molar-refractivity contribution is 9.10. The van der Waals surface area contributed by atoms with E-state index in [1.165, 1.54) is 5.56 Å². The number of benzene rings is 1. The van der Waals surface area contributed by atoms with Gasteiger partial charge in [0.15, 0.2) is 11.5 Å². The second-order valence-corrected chi connectivity index (χ2v) is 4.49. The molecule has 15 heavy (non-hydrogen) atoms. The van der Waals surface area contributed by atoms with Gasteiger partial charge in [-0.05, 0) is 24.5 Å². The Labute approximate surface area is 97.7 Å². The molecule has 3 nitrogen and oxygen atoms in total. The van der Waals surface area contributed by atoms with Crippen molar-refractivity contribution < 1.29 is 9.47 Å². The first-order valence-corrected chi connectivity index (χ1v) is 5.67. The molecule has 1 unspecified atom stereocenters. The van der Waals surface area contributed by atoms with Crippen molar-refractivity contribution in [3.05, 3.63) is 21.7 Å². The van der Waals surface area contributed by atoms with Crippen molar-refractivity contribution in [2.24, 2.45) is 5.73 Å². The highest BCUT2D eigenvalue weighted by atomic mass is 79.9. The predicted octanol–water partition coefficient (Wildman–Crippen LogP) is 2.41. The lowest BCUT2D eigenvalue weighted by Gasteiger charge is -2.15. The minimum atomic E-state index is 0.0568. The van der Waals surface area contributed by atoms with E-state index in [0.717, 1.165) is 34.4 Å². The maximum absolute atomic E-state index is 6.06. The molecule has 0 bridgehead atoms. The molecule has 1 aliphatic carbocycles. The number of hydrogen-bond acceptors (Lipinski definition) is 3. The van der Waals surface area contributed by atoms with Gasteiger partial charge in [-0.25, -0.2) is 0 Å². The molecular formula is C11H14BrNO2. The standard InChI is InChI=1S/C11H14BrNO2/c1-14-9-5-7(12)6-3-4-8(13)10(6)11(9)15-2/h5,8H,3-4,13H2,1-2H3. The molecule has 1 aliphatic rings. The summed E-state index contributed by atoms with van der Waals surface area (Å²) in [5.41, 5.74) is 8.40. The molecule has 2 rings (SSSR count). The number of rotatable bonds is 2. The first-order chi connectivity index (χ1) is 7.19. The van der Waals surface area contributed by atoms with E-state index in [0.29, 0.717) is 0 Å². The summed E-state index contributed by atoms with van der Waals surface area (Å²) in [5, 5.41) is 0. The molecule has 0 spiro atoms. The summed E-state index contributed by atoms with van der Waals surface area (Å²) < 4.78 is 11.7. The summed E-state index contributed by atoms with van der Waals surface area (Å²) in [6.45, 7) is 0. The van der Waals surface area contributed by atoms with Gasteiger partial charge in [0, 0.05) is 16.1 Å². The van der Waals surface area contributed by atoms with Crippen LogP contribution in [0.15, 0.2) is 10.5 Å². The van der Waals surface area contributed by atoms with Crippen LogP contribution in [0.4, 0.5) is 0 Å². The molecule has 0 aliphatic heterocycles. The second-order valence-electron chi connectivity index (χ2n) is 3.63. The van der Waals surface area contributed by atoms with Crippen LogP contribution in [-0.2, 0) is 6.42 Å². The zero-order chi connectivity index (χ0) is 11.0. The topological polar surface area (TPSA) is 44.5 Å². The summed E-state index contributed by atoms with van der Waals surface area (Å²) in [5.74, 6) is 1.51. The smallest absolute Gasteiger partial charge is 0.165 e. The van der Waals surface area contributed by atoms with E-state index in [2.05, 4.69) is 15.9 Å². The number of methoxy groups -OCH3 is 2. The highest BCUT2D eigenvalue weighted by Crippen LogP contribution is 2.45. The molecular weight excluding hydrogens is 258 g/mol. The van der Waals surface area contributed by atoms with E-state index in [4.69, 9.17) is 15.2 Å². The van der Waals surface area contributed by atoms with Crippen molar-refractivity contribution in [2.45, 2.75) is 18.9 Å². The van der Waals surface area contributed by atoms with Gasteiger partial charge in [0.1, 0.15) is 0 Å². The largest absolute Gasteiger partial charge is 0.493 e. The zero-order valence-corrected chi connectivity index (χ0v) is 10.4. The number of hydrogen-bond donors (Lipinski definition) is 1. The van der Waals surface area contributed by atoms with Crippen LogP contribution in [0.25, 0.3) is 0 Å². The molecule has 1 aromatic carbocycles. The van der Waals surface area contributed by atoms with Crippen molar-refractivity contribution in [3.63, 3.8) is 0 Å². The summed E-state index contributed by atoms with van der Waals surface area (Å²) in [7, 11) is 3.29. The van der Waals surface area contributed by atoms with Gasteiger partial charge in [-0.3, -0.25) is 0 Å². The van der Waals surface area contributed by atoms with Gasteiger partial charge in [0.2, 0.25) is 0 Å². The van der Waals surface area contributed by atoms with Gasteiger partial charge < -0.3 is 15.2 Å². The van der Waals surface area contributed by atoms with Crippen molar-refractivity contribution in [2.75, 3.05) is 14.2 Å². The Kier molecular flexibility index (Phi) is 2.89. The van der Waals surface area contributed by atoms with Crippen LogP contribution >= 0.6 is 15.9 Å². The van der Waals surface area contributed by atoms with Crippen LogP contribution in [0.3, 0.4) is 0 Å². The zero-order valence-electron chi connectivity index (χ0n) is 8.84. The van der Waals surface area contributed by atoms with Crippen molar-refractivity contribution in [3.8, 4) is 11.5 Å². The van der Waals surface area contributed by atoms with E-state index in [1.807, 2.05) is 6.07 Å². The van der Waals surface area contributed by atoms with Crippen LogP contribution in [0, 0.1) is 0 Å². The van der Waals surface area contributed by atoms with Gasteiger partial charge in [-0.15, -0.1) is 0 Å². The summed E-state index contributed by atoms with van der Waals surface area (Å²) in [6.07, 6.45) is 1.97. The van der Waals surface area contributed by atoms with Crippen LogP contribution in [0.2, 0.25) is 0 Å². The van der Waals surface area contributed by atoms with Crippen LogP contribution < -0.4 is 15.2 Å². The fourth-order valence-corrected chi connectivity index (χ4v) is 2.74. The lowest BCUT2D eigenvalue weighted by atomic mass is 10.1. The first kappa shape index (κ1) is 10.8. The van der Waals surface area contributed by atoms with E-state index in [9.17, 15) is 0 Å². The Morgan fingerprint density at radius 1 is 1.40 bits per heavy atom. The fraction of sp³-hybridized carbons (Fsp3) is 0.455.